The van der Waals surface area contributed by atoms with Gasteiger partial charge in [0, 0.05) is 12.4 Å². The van der Waals surface area contributed by atoms with E-state index in [1.54, 1.807) is 24.5 Å². The van der Waals surface area contributed by atoms with E-state index < -0.39 is 5.60 Å². The summed E-state index contributed by atoms with van der Waals surface area (Å²) in [5, 5.41) is 20.1. The number of nitrogens with zero attached hydrogens (tertiary/aromatic N) is 1. The first-order valence-electron chi connectivity index (χ1n) is 5.48. The third kappa shape index (κ3) is 2.20. The van der Waals surface area contributed by atoms with Crippen LogP contribution in [-0.2, 0) is 5.60 Å². The predicted molar refractivity (Wildman–Crippen MR) is 65.5 cm³/mol. The summed E-state index contributed by atoms with van der Waals surface area (Å²) >= 11 is 0. The van der Waals surface area contributed by atoms with E-state index in [9.17, 15) is 10.2 Å². The molecule has 0 saturated heterocycles. The lowest BCUT2D eigenvalue weighted by Gasteiger charge is -2.27. The van der Waals surface area contributed by atoms with Crippen molar-refractivity contribution in [3.63, 3.8) is 0 Å². The van der Waals surface area contributed by atoms with Crippen molar-refractivity contribution in [3.8, 4) is 0 Å². The molecule has 0 bridgehead atoms. The molecule has 0 fully saturated rings. The number of aliphatic hydroxyl groups excluding tert-OH is 1. The van der Waals surface area contributed by atoms with Crippen LogP contribution in [0.4, 0.5) is 0 Å². The van der Waals surface area contributed by atoms with Crippen molar-refractivity contribution >= 4 is 0 Å². The molecule has 17 heavy (non-hydrogen) atoms. The average molecular weight is 229 g/mol. The van der Waals surface area contributed by atoms with Crippen molar-refractivity contribution in [3.05, 3.63) is 65.5 Å². The Kier molecular flexibility index (Phi) is 3.22. The van der Waals surface area contributed by atoms with Crippen LogP contribution in [0.5, 0.6) is 0 Å². The maximum atomic E-state index is 10.6. The lowest BCUT2D eigenvalue weighted by Crippen LogP contribution is -2.31. The van der Waals surface area contributed by atoms with Gasteiger partial charge in [0.25, 0.3) is 0 Å². The van der Waals surface area contributed by atoms with E-state index in [1.807, 2.05) is 31.2 Å². The molecule has 0 amide bonds. The van der Waals surface area contributed by atoms with Crippen molar-refractivity contribution in [2.75, 3.05) is 6.61 Å². The maximum absolute atomic E-state index is 10.6. The van der Waals surface area contributed by atoms with Crippen LogP contribution in [0, 0.1) is 6.92 Å². The average Bonchev–Trinajstić information content (AvgIpc) is 2.39. The van der Waals surface area contributed by atoms with Gasteiger partial charge in [-0.3, -0.25) is 4.98 Å². The van der Waals surface area contributed by atoms with Crippen LogP contribution in [0.3, 0.4) is 0 Å². The summed E-state index contributed by atoms with van der Waals surface area (Å²) in [6.45, 7) is 1.59. The zero-order valence-corrected chi connectivity index (χ0v) is 9.67. The first-order valence-corrected chi connectivity index (χ1v) is 5.48. The van der Waals surface area contributed by atoms with Crippen molar-refractivity contribution in [1.29, 1.82) is 0 Å². The molecule has 0 aliphatic heterocycles. The van der Waals surface area contributed by atoms with Crippen molar-refractivity contribution in [2.45, 2.75) is 12.5 Å². The normalized spacial score (nSPS) is 14.3. The quantitative estimate of drug-likeness (QED) is 0.841. The molecule has 1 aromatic heterocycles. The van der Waals surface area contributed by atoms with Crippen LogP contribution in [0.1, 0.15) is 16.7 Å². The van der Waals surface area contributed by atoms with Crippen LogP contribution in [0.25, 0.3) is 0 Å². The monoisotopic (exact) mass is 229 g/mol. The van der Waals surface area contributed by atoms with E-state index >= 15 is 0 Å². The highest BCUT2D eigenvalue weighted by Gasteiger charge is 2.30. The highest BCUT2D eigenvalue weighted by Crippen LogP contribution is 2.29. The van der Waals surface area contributed by atoms with Crippen LogP contribution >= 0.6 is 0 Å². The summed E-state index contributed by atoms with van der Waals surface area (Å²) in [6.07, 6.45) is 3.21. The highest BCUT2D eigenvalue weighted by atomic mass is 16.3. The van der Waals surface area contributed by atoms with Gasteiger partial charge in [-0.1, -0.05) is 29.8 Å². The first kappa shape index (κ1) is 11.8. The fourth-order valence-electron chi connectivity index (χ4n) is 1.88. The molecule has 0 aliphatic rings. The van der Waals surface area contributed by atoms with Gasteiger partial charge < -0.3 is 10.2 Å². The molecular formula is C14H15NO2. The highest BCUT2D eigenvalue weighted by molar-refractivity contribution is 5.37. The lowest BCUT2D eigenvalue weighted by molar-refractivity contribution is 0.0172. The first-order chi connectivity index (χ1) is 8.16. The minimum atomic E-state index is -1.37. The van der Waals surface area contributed by atoms with E-state index in [2.05, 4.69) is 4.98 Å². The maximum Gasteiger partial charge on any atom is 0.138 e. The standard InChI is InChI=1S/C14H15NO2/c1-11-3-2-4-13(9-11)14(17,10-16)12-5-7-15-8-6-12/h2-9,16-17H,10H2,1H3. The molecule has 2 N–H and O–H groups in total. The van der Waals surface area contributed by atoms with Gasteiger partial charge in [0.2, 0.25) is 0 Å². The van der Waals surface area contributed by atoms with Gasteiger partial charge in [-0.2, -0.15) is 0 Å². The molecule has 1 unspecified atom stereocenters. The van der Waals surface area contributed by atoms with Gasteiger partial charge in [-0.15, -0.1) is 0 Å². The van der Waals surface area contributed by atoms with E-state index in [0.29, 0.717) is 11.1 Å². The van der Waals surface area contributed by atoms with E-state index in [-0.39, 0.29) is 6.61 Å². The number of aromatic nitrogens is 1. The number of pyridine rings is 1. The Hall–Kier alpha value is -1.71. The molecule has 0 spiro atoms. The third-order valence-electron chi connectivity index (χ3n) is 2.88. The Morgan fingerprint density at radius 3 is 2.41 bits per heavy atom. The molecular weight excluding hydrogens is 214 g/mol. The Balaban J connectivity index is 2.52. The van der Waals surface area contributed by atoms with Crippen LogP contribution in [0.15, 0.2) is 48.8 Å². The Morgan fingerprint density at radius 1 is 1.12 bits per heavy atom. The fourth-order valence-corrected chi connectivity index (χ4v) is 1.88. The van der Waals surface area contributed by atoms with E-state index in [4.69, 9.17) is 0 Å². The zero-order valence-electron chi connectivity index (χ0n) is 9.67. The minimum Gasteiger partial charge on any atom is -0.393 e. The second kappa shape index (κ2) is 4.65. The van der Waals surface area contributed by atoms with Crippen molar-refractivity contribution in [2.24, 2.45) is 0 Å². The fraction of sp³-hybridized carbons (Fsp3) is 0.214. The number of aryl methyl sites for hydroxylation is 1. The second-order valence-electron chi connectivity index (χ2n) is 4.12. The summed E-state index contributed by atoms with van der Waals surface area (Å²) in [5.74, 6) is 0. The second-order valence-corrected chi connectivity index (χ2v) is 4.12. The summed E-state index contributed by atoms with van der Waals surface area (Å²) < 4.78 is 0. The molecule has 1 atom stereocenters. The van der Waals surface area contributed by atoms with Gasteiger partial charge >= 0.3 is 0 Å². The smallest absolute Gasteiger partial charge is 0.138 e. The molecule has 2 aromatic rings. The zero-order chi connectivity index (χ0) is 12.3. The minimum absolute atomic E-state index is 0.361. The molecule has 1 heterocycles. The summed E-state index contributed by atoms with van der Waals surface area (Å²) in [4.78, 5) is 3.91. The molecule has 3 heteroatoms. The van der Waals surface area contributed by atoms with Gasteiger partial charge in [0.1, 0.15) is 5.60 Å². The lowest BCUT2D eigenvalue weighted by atomic mass is 9.87. The number of hydrogen-bond donors (Lipinski definition) is 2. The predicted octanol–water partition coefficient (Wildman–Crippen LogP) is 1.62. The van der Waals surface area contributed by atoms with Gasteiger partial charge in [-0.25, -0.2) is 0 Å². The van der Waals surface area contributed by atoms with E-state index in [1.165, 1.54) is 0 Å². The number of benzene rings is 1. The van der Waals surface area contributed by atoms with Crippen LogP contribution < -0.4 is 0 Å². The Labute approximate surface area is 100 Å². The van der Waals surface area contributed by atoms with Gasteiger partial charge in [0.05, 0.1) is 6.61 Å². The largest absolute Gasteiger partial charge is 0.393 e. The van der Waals surface area contributed by atoms with Crippen molar-refractivity contribution < 1.29 is 10.2 Å². The number of hydrogen-bond acceptors (Lipinski definition) is 3. The van der Waals surface area contributed by atoms with Crippen LogP contribution in [0.2, 0.25) is 0 Å². The third-order valence-corrected chi connectivity index (χ3v) is 2.88. The van der Waals surface area contributed by atoms with Gasteiger partial charge in [-0.05, 0) is 30.2 Å². The summed E-state index contributed by atoms with van der Waals surface area (Å²) in [6, 6.07) is 10.9. The van der Waals surface area contributed by atoms with Gasteiger partial charge in [0.15, 0.2) is 0 Å². The summed E-state index contributed by atoms with van der Waals surface area (Å²) in [7, 11) is 0. The Bertz CT molecular complexity index is 499. The summed E-state index contributed by atoms with van der Waals surface area (Å²) in [5.41, 5.74) is 1.00. The topological polar surface area (TPSA) is 53.4 Å². The molecule has 0 saturated carbocycles. The number of rotatable bonds is 3. The molecule has 2 rings (SSSR count). The molecule has 0 aliphatic carbocycles. The number of aliphatic hydroxyl groups is 2. The molecule has 88 valence electrons. The molecule has 0 radical (unpaired) electrons. The molecule has 3 nitrogen and oxygen atoms in total. The Morgan fingerprint density at radius 2 is 1.82 bits per heavy atom. The van der Waals surface area contributed by atoms with E-state index in [0.717, 1.165) is 5.56 Å². The molecule has 1 aromatic carbocycles. The van der Waals surface area contributed by atoms with Crippen LogP contribution in [-0.4, -0.2) is 21.8 Å². The van der Waals surface area contributed by atoms with Crippen molar-refractivity contribution in [1.82, 2.24) is 4.98 Å². The SMILES string of the molecule is Cc1cccc(C(O)(CO)c2ccncc2)c1.